The lowest BCUT2D eigenvalue weighted by molar-refractivity contribution is -0.121. The van der Waals surface area contributed by atoms with E-state index in [1.807, 2.05) is 44.2 Å². The number of nitrogens with one attached hydrogen (secondary N) is 1. The van der Waals surface area contributed by atoms with Crippen LogP contribution in [0.5, 0.6) is 0 Å². The number of oxazole rings is 1. The second-order valence-electron chi connectivity index (χ2n) is 8.94. The van der Waals surface area contributed by atoms with Crippen LogP contribution in [0.15, 0.2) is 62.6 Å². The summed E-state index contributed by atoms with van der Waals surface area (Å²) in [4.78, 5) is 24.8. The average molecular weight is 472 g/mol. The fourth-order valence-corrected chi connectivity index (χ4v) is 6.19. The van der Waals surface area contributed by atoms with Gasteiger partial charge in [0.15, 0.2) is 5.58 Å². The Morgan fingerprint density at radius 3 is 2.48 bits per heavy atom. The number of aromatic nitrogens is 1. The number of hydrogen-bond acceptors (Lipinski definition) is 5. The van der Waals surface area contributed by atoms with Gasteiger partial charge in [-0.2, -0.15) is 4.31 Å². The molecule has 1 aromatic heterocycles. The standard InChI is InChI=1S/C24H29N3O5S/c1-17-12-18(2)15-26(14-17)33(30,31)20-8-9-21-22(13-20)32-24(29)27(21)16-23(28)25-11-10-19-6-4-3-5-7-19/h3-9,13,17-18H,10-12,14-16H2,1-2H3,(H,25,28). The van der Waals surface area contributed by atoms with Crippen molar-refractivity contribution in [1.29, 1.82) is 0 Å². The molecule has 1 amide bonds. The van der Waals surface area contributed by atoms with E-state index >= 15 is 0 Å². The van der Waals surface area contributed by atoms with Crippen LogP contribution in [0.25, 0.3) is 11.1 Å². The van der Waals surface area contributed by atoms with Crippen molar-refractivity contribution in [2.24, 2.45) is 11.8 Å². The highest BCUT2D eigenvalue weighted by molar-refractivity contribution is 7.89. The maximum absolute atomic E-state index is 13.2. The molecule has 2 aromatic carbocycles. The first-order chi connectivity index (χ1) is 15.7. The Bertz CT molecular complexity index is 1290. The van der Waals surface area contributed by atoms with Crippen molar-refractivity contribution in [2.45, 2.75) is 38.1 Å². The van der Waals surface area contributed by atoms with E-state index in [4.69, 9.17) is 4.42 Å². The van der Waals surface area contributed by atoms with Crippen molar-refractivity contribution >= 4 is 27.0 Å². The van der Waals surface area contributed by atoms with Crippen molar-refractivity contribution in [3.63, 3.8) is 0 Å². The topological polar surface area (TPSA) is 102 Å². The van der Waals surface area contributed by atoms with Crippen LogP contribution in [-0.2, 0) is 27.8 Å². The number of fused-ring (bicyclic) bond motifs is 1. The van der Waals surface area contributed by atoms with E-state index in [0.29, 0.717) is 31.6 Å². The predicted molar refractivity (Wildman–Crippen MR) is 125 cm³/mol. The van der Waals surface area contributed by atoms with E-state index < -0.39 is 15.8 Å². The minimum atomic E-state index is -3.70. The number of sulfonamides is 1. The number of carbonyl (C=O) groups excluding carboxylic acids is 1. The molecule has 2 unspecified atom stereocenters. The van der Waals surface area contributed by atoms with Gasteiger partial charge in [0.05, 0.1) is 10.4 Å². The minimum absolute atomic E-state index is 0.0875. The zero-order valence-electron chi connectivity index (χ0n) is 18.9. The molecule has 9 heteroatoms. The molecule has 1 saturated heterocycles. The molecule has 0 radical (unpaired) electrons. The number of hydrogen-bond donors (Lipinski definition) is 1. The molecule has 4 rings (SSSR count). The third-order valence-electron chi connectivity index (χ3n) is 5.99. The van der Waals surface area contributed by atoms with Crippen molar-refractivity contribution in [2.75, 3.05) is 19.6 Å². The van der Waals surface area contributed by atoms with Gasteiger partial charge in [0, 0.05) is 25.7 Å². The van der Waals surface area contributed by atoms with Gasteiger partial charge in [-0.3, -0.25) is 9.36 Å². The van der Waals surface area contributed by atoms with Gasteiger partial charge in [-0.15, -0.1) is 0 Å². The van der Waals surface area contributed by atoms with Gasteiger partial charge >= 0.3 is 5.76 Å². The smallest absolute Gasteiger partial charge is 0.408 e. The molecular formula is C24H29N3O5S. The number of carbonyl (C=O) groups is 1. The van der Waals surface area contributed by atoms with Crippen LogP contribution in [0, 0.1) is 11.8 Å². The van der Waals surface area contributed by atoms with Gasteiger partial charge in [0.25, 0.3) is 0 Å². The Kier molecular flexibility index (Phi) is 6.71. The molecule has 3 aromatic rings. The summed E-state index contributed by atoms with van der Waals surface area (Å²) in [5.74, 6) is -0.444. The molecule has 1 N–H and O–H groups in total. The molecule has 176 valence electrons. The highest BCUT2D eigenvalue weighted by Gasteiger charge is 2.32. The Balaban J connectivity index is 1.48. The molecule has 2 heterocycles. The molecule has 1 aliphatic rings. The maximum atomic E-state index is 13.2. The second kappa shape index (κ2) is 9.52. The first kappa shape index (κ1) is 23.3. The summed E-state index contributed by atoms with van der Waals surface area (Å²) in [6, 6.07) is 14.2. The maximum Gasteiger partial charge on any atom is 0.420 e. The number of amides is 1. The zero-order valence-corrected chi connectivity index (χ0v) is 19.7. The molecule has 0 saturated carbocycles. The molecular weight excluding hydrogens is 442 g/mol. The molecule has 8 nitrogen and oxygen atoms in total. The van der Waals surface area contributed by atoms with Crippen molar-refractivity contribution in [1.82, 2.24) is 14.2 Å². The Morgan fingerprint density at radius 1 is 1.09 bits per heavy atom. The summed E-state index contributed by atoms with van der Waals surface area (Å²) in [5, 5.41) is 2.81. The zero-order chi connectivity index (χ0) is 23.6. The lowest BCUT2D eigenvalue weighted by atomic mass is 9.94. The third-order valence-corrected chi connectivity index (χ3v) is 7.82. The molecule has 2 atom stereocenters. The number of rotatable bonds is 7. The van der Waals surface area contributed by atoms with E-state index in [2.05, 4.69) is 5.32 Å². The fourth-order valence-electron chi connectivity index (χ4n) is 4.50. The molecule has 0 spiro atoms. The highest BCUT2D eigenvalue weighted by atomic mass is 32.2. The van der Waals surface area contributed by atoms with Crippen LogP contribution in [-0.4, -0.2) is 42.8 Å². The SMILES string of the molecule is CC1CC(C)CN(S(=O)(=O)c2ccc3c(c2)oc(=O)n3CC(=O)NCCc2ccccc2)C1. The third kappa shape index (κ3) is 5.20. The first-order valence-corrected chi connectivity index (χ1v) is 12.6. The summed E-state index contributed by atoms with van der Waals surface area (Å²) >= 11 is 0. The minimum Gasteiger partial charge on any atom is -0.408 e. The first-order valence-electron chi connectivity index (χ1n) is 11.2. The van der Waals surface area contributed by atoms with Gasteiger partial charge in [0.1, 0.15) is 6.54 Å². The van der Waals surface area contributed by atoms with Crippen LogP contribution < -0.4 is 11.1 Å². The summed E-state index contributed by atoms with van der Waals surface area (Å²) in [6.07, 6.45) is 1.68. The van der Waals surface area contributed by atoms with Crippen molar-refractivity contribution in [3.05, 3.63) is 64.6 Å². The van der Waals surface area contributed by atoms with Crippen LogP contribution in [0.2, 0.25) is 0 Å². The lowest BCUT2D eigenvalue weighted by Gasteiger charge is -2.34. The molecule has 33 heavy (non-hydrogen) atoms. The number of nitrogens with zero attached hydrogens (tertiary/aromatic N) is 2. The number of piperidine rings is 1. The largest absolute Gasteiger partial charge is 0.420 e. The van der Waals surface area contributed by atoms with E-state index in [-0.39, 0.29) is 34.8 Å². The predicted octanol–water partition coefficient (Wildman–Crippen LogP) is 2.62. The lowest BCUT2D eigenvalue weighted by Crippen LogP contribution is -2.42. The van der Waals surface area contributed by atoms with Gasteiger partial charge < -0.3 is 9.73 Å². The molecule has 0 bridgehead atoms. The van der Waals surface area contributed by atoms with Gasteiger partial charge in [0.2, 0.25) is 15.9 Å². The van der Waals surface area contributed by atoms with E-state index in [0.717, 1.165) is 12.0 Å². The van der Waals surface area contributed by atoms with Crippen molar-refractivity contribution < 1.29 is 17.6 Å². The average Bonchev–Trinajstić information content (AvgIpc) is 3.08. The van der Waals surface area contributed by atoms with Crippen molar-refractivity contribution in [3.8, 4) is 0 Å². The van der Waals surface area contributed by atoms with Gasteiger partial charge in [-0.25, -0.2) is 13.2 Å². The molecule has 0 aliphatic carbocycles. The fraction of sp³-hybridized carbons (Fsp3) is 0.417. The van der Waals surface area contributed by atoms with E-state index in [1.54, 1.807) is 0 Å². The normalized spacial score (nSPS) is 19.6. The summed E-state index contributed by atoms with van der Waals surface area (Å²) < 4.78 is 34.3. The molecule has 1 aliphatic heterocycles. The van der Waals surface area contributed by atoms with Crippen LogP contribution in [0.1, 0.15) is 25.8 Å². The summed E-state index contributed by atoms with van der Waals surface area (Å²) in [5.41, 5.74) is 1.64. The van der Waals surface area contributed by atoms with Crippen LogP contribution in [0.4, 0.5) is 0 Å². The second-order valence-corrected chi connectivity index (χ2v) is 10.9. The van der Waals surface area contributed by atoms with Crippen LogP contribution in [0.3, 0.4) is 0 Å². The Labute approximate surface area is 193 Å². The van der Waals surface area contributed by atoms with Gasteiger partial charge in [-0.05, 0) is 42.4 Å². The summed E-state index contributed by atoms with van der Waals surface area (Å²) in [7, 11) is -3.70. The Morgan fingerprint density at radius 2 is 1.79 bits per heavy atom. The van der Waals surface area contributed by atoms with E-state index in [9.17, 15) is 18.0 Å². The van der Waals surface area contributed by atoms with E-state index in [1.165, 1.54) is 27.1 Å². The highest BCUT2D eigenvalue weighted by Crippen LogP contribution is 2.28. The van der Waals surface area contributed by atoms with Gasteiger partial charge in [-0.1, -0.05) is 44.2 Å². The van der Waals surface area contributed by atoms with Crippen LogP contribution >= 0.6 is 0 Å². The summed E-state index contributed by atoms with van der Waals surface area (Å²) in [6.45, 7) is 5.28. The number of benzene rings is 2. The quantitative estimate of drug-likeness (QED) is 0.571. The molecule has 1 fully saturated rings. The monoisotopic (exact) mass is 471 g/mol. The Hall–Kier alpha value is -2.91.